The molecular weight excluding hydrogens is 579 g/mol. The molecule has 228 valence electrons. The SMILES string of the molecule is CC1(C)c2cc(N(c3ccc(-c4ccc5ccccc5c4)cc3)c3ccccc3-c3ccccc3)ccc2-c2c1ccc1ccccc21. The number of nitrogens with zero attached hydrogens (tertiary/aromatic N) is 1. The summed E-state index contributed by atoms with van der Waals surface area (Å²) in [5.74, 6) is 0. The fraction of sp³-hybridized carbons (Fsp3) is 0.0638. The molecule has 0 N–H and O–H groups in total. The average Bonchev–Trinajstić information content (AvgIpc) is 3.38. The Labute approximate surface area is 282 Å². The Hall–Kier alpha value is -5.92. The fourth-order valence-electron chi connectivity index (χ4n) is 7.76. The summed E-state index contributed by atoms with van der Waals surface area (Å²) in [4.78, 5) is 2.43. The third-order valence-corrected chi connectivity index (χ3v) is 10.2. The zero-order valence-electron chi connectivity index (χ0n) is 27.2. The molecule has 48 heavy (non-hydrogen) atoms. The minimum absolute atomic E-state index is 0.130. The van der Waals surface area contributed by atoms with E-state index in [1.165, 1.54) is 66.1 Å². The van der Waals surface area contributed by atoms with Crippen LogP contribution in [0.5, 0.6) is 0 Å². The van der Waals surface area contributed by atoms with Crippen molar-refractivity contribution in [1.29, 1.82) is 0 Å². The summed E-state index contributed by atoms with van der Waals surface area (Å²) in [6, 6.07) is 64.4. The third kappa shape index (κ3) is 4.54. The number of benzene rings is 8. The highest BCUT2D eigenvalue weighted by Gasteiger charge is 2.37. The molecule has 1 aliphatic carbocycles. The van der Waals surface area contributed by atoms with E-state index in [2.05, 4.69) is 195 Å². The van der Waals surface area contributed by atoms with E-state index in [0.29, 0.717) is 0 Å². The zero-order chi connectivity index (χ0) is 32.2. The van der Waals surface area contributed by atoms with E-state index in [1.54, 1.807) is 0 Å². The van der Waals surface area contributed by atoms with Gasteiger partial charge in [0, 0.05) is 22.4 Å². The van der Waals surface area contributed by atoms with Gasteiger partial charge in [-0.25, -0.2) is 0 Å². The van der Waals surface area contributed by atoms with Crippen LogP contribution in [0.2, 0.25) is 0 Å². The van der Waals surface area contributed by atoms with Crippen molar-refractivity contribution in [3.63, 3.8) is 0 Å². The highest BCUT2D eigenvalue weighted by molar-refractivity contribution is 6.03. The monoisotopic (exact) mass is 613 g/mol. The molecule has 0 saturated heterocycles. The standard InChI is InChI=1S/C47H35N/c1-47(2)43-29-24-35-15-8-9-18-41(35)46(43)42-28-27-39(31-44(42)47)48(45-19-11-10-17-40(45)34-13-4-3-5-14-34)38-25-22-33(23-26-38)37-21-20-32-12-6-7-16-36(32)30-37/h3-31H,1-2H3. The van der Waals surface area contributed by atoms with Crippen molar-refractivity contribution in [3.8, 4) is 33.4 Å². The van der Waals surface area contributed by atoms with Crippen molar-refractivity contribution >= 4 is 38.6 Å². The Kier molecular flexibility index (Phi) is 6.55. The lowest BCUT2D eigenvalue weighted by Crippen LogP contribution is -2.17. The summed E-state index contributed by atoms with van der Waals surface area (Å²) in [6.07, 6.45) is 0. The van der Waals surface area contributed by atoms with E-state index in [4.69, 9.17) is 0 Å². The van der Waals surface area contributed by atoms with E-state index in [0.717, 1.165) is 17.1 Å². The van der Waals surface area contributed by atoms with Gasteiger partial charge >= 0.3 is 0 Å². The number of hydrogen-bond donors (Lipinski definition) is 0. The summed E-state index contributed by atoms with van der Waals surface area (Å²) in [6.45, 7) is 4.74. The Morgan fingerprint density at radius 3 is 1.88 bits per heavy atom. The van der Waals surface area contributed by atoms with Gasteiger partial charge in [0.05, 0.1) is 5.69 Å². The molecular formula is C47H35N. The summed E-state index contributed by atoms with van der Waals surface area (Å²) >= 11 is 0. The maximum absolute atomic E-state index is 2.43. The maximum Gasteiger partial charge on any atom is 0.0540 e. The molecule has 8 aromatic rings. The van der Waals surface area contributed by atoms with Crippen LogP contribution in [0.3, 0.4) is 0 Å². The molecule has 0 aliphatic heterocycles. The molecule has 0 aromatic heterocycles. The molecule has 0 spiro atoms. The topological polar surface area (TPSA) is 3.24 Å². The van der Waals surface area contributed by atoms with Crippen molar-refractivity contribution in [2.45, 2.75) is 19.3 Å². The molecule has 1 aliphatic rings. The number of fused-ring (bicyclic) bond motifs is 6. The van der Waals surface area contributed by atoms with Crippen molar-refractivity contribution in [2.75, 3.05) is 4.90 Å². The van der Waals surface area contributed by atoms with Gasteiger partial charge in [0.25, 0.3) is 0 Å². The van der Waals surface area contributed by atoms with Crippen LogP contribution in [0.15, 0.2) is 176 Å². The van der Waals surface area contributed by atoms with Gasteiger partial charge in [-0.2, -0.15) is 0 Å². The molecule has 1 heteroatoms. The van der Waals surface area contributed by atoms with Gasteiger partial charge in [0.15, 0.2) is 0 Å². The van der Waals surface area contributed by atoms with Crippen molar-refractivity contribution in [3.05, 3.63) is 187 Å². The molecule has 0 atom stereocenters. The summed E-state index contributed by atoms with van der Waals surface area (Å²) in [5, 5.41) is 5.13. The highest BCUT2D eigenvalue weighted by Crippen LogP contribution is 2.53. The van der Waals surface area contributed by atoms with E-state index in [-0.39, 0.29) is 5.41 Å². The van der Waals surface area contributed by atoms with Crippen LogP contribution in [0, 0.1) is 0 Å². The Balaban J connectivity index is 1.21. The Morgan fingerprint density at radius 2 is 1.04 bits per heavy atom. The van der Waals surface area contributed by atoms with E-state index < -0.39 is 0 Å². The van der Waals surface area contributed by atoms with Crippen molar-refractivity contribution in [2.24, 2.45) is 0 Å². The molecule has 0 amide bonds. The van der Waals surface area contributed by atoms with Crippen molar-refractivity contribution < 1.29 is 0 Å². The van der Waals surface area contributed by atoms with Gasteiger partial charge in [0.2, 0.25) is 0 Å². The molecule has 0 bridgehead atoms. The molecule has 9 rings (SSSR count). The predicted octanol–water partition coefficient (Wildman–Crippen LogP) is 13.1. The largest absolute Gasteiger partial charge is 0.310 e. The van der Waals surface area contributed by atoms with Crippen LogP contribution >= 0.6 is 0 Å². The van der Waals surface area contributed by atoms with Crippen LogP contribution in [-0.4, -0.2) is 0 Å². The number of para-hydroxylation sites is 1. The second-order valence-corrected chi connectivity index (χ2v) is 13.4. The Morgan fingerprint density at radius 1 is 0.396 bits per heavy atom. The second kappa shape index (κ2) is 11.1. The second-order valence-electron chi connectivity index (χ2n) is 13.4. The first-order chi connectivity index (χ1) is 23.6. The predicted molar refractivity (Wildman–Crippen MR) is 205 cm³/mol. The van der Waals surface area contributed by atoms with E-state index in [9.17, 15) is 0 Å². The quantitative estimate of drug-likeness (QED) is 0.187. The summed E-state index contributed by atoms with van der Waals surface area (Å²) < 4.78 is 0. The molecule has 1 nitrogen and oxygen atoms in total. The van der Waals surface area contributed by atoms with Gasteiger partial charge in [0.1, 0.15) is 0 Å². The lowest BCUT2D eigenvalue weighted by molar-refractivity contribution is 0.661. The molecule has 0 unspecified atom stereocenters. The van der Waals surface area contributed by atoms with Gasteiger partial charge in [-0.1, -0.05) is 153 Å². The van der Waals surface area contributed by atoms with Gasteiger partial charge in [-0.05, 0) is 96.9 Å². The fourth-order valence-corrected chi connectivity index (χ4v) is 7.76. The van der Waals surface area contributed by atoms with Crippen molar-refractivity contribution in [1.82, 2.24) is 0 Å². The molecule has 0 fully saturated rings. The van der Waals surface area contributed by atoms with E-state index >= 15 is 0 Å². The average molecular weight is 614 g/mol. The lowest BCUT2D eigenvalue weighted by atomic mass is 9.82. The maximum atomic E-state index is 2.43. The zero-order valence-corrected chi connectivity index (χ0v) is 27.2. The van der Waals surface area contributed by atoms with Gasteiger partial charge < -0.3 is 4.90 Å². The number of anilines is 3. The Bertz CT molecular complexity index is 2470. The van der Waals surface area contributed by atoms with E-state index in [1.807, 2.05) is 0 Å². The van der Waals surface area contributed by atoms with Crippen LogP contribution in [0.1, 0.15) is 25.0 Å². The minimum Gasteiger partial charge on any atom is -0.310 e. The van der Waals surface area contributed by atoms with Gasteiger partial charge in [-0.3, -0.25) is 0 Å². The lowest BCUT2D eigenvalue weighted by Gasteiger charge is -2.30. The molecule has 8 aromatic carbocycles. The first-order valence-electron chi connectivity index (χ1n) is 16.8. The normalized spacial score (nSPS) is 13.0. The third-order valence-electron chi connectivity index (χ3n) is 10.2. The first kappa shape index (κ1) is 28.3. The molecule has 0 saturated carbocycles. The van der Waals surface area contributed by atoms with Crippen LogP contribution in [0.25, 0.3) is 54.9 Å². The molecule has 0 radical (unpaired) electrons. The first-order valence-corrected chi connectivity index (χ1v) is 16.8. The highest BCUT2D eigenvalue weighted by atomic mass is 15.1. The smallest absolute Gasteiger partial charge is 0.0540 e. The van der Waals surface area contributed by atoms with Crippen LogP contribution in [0.4, 0.5) is 17.1 Å². The van der Waals surface area contributed by atoms with Crippen LogP contribution < -0.4 is 4.90 Å². The molecule has 0 heterocycles. The number of hydrogen-bond acceptors (Lipinski definition) is 1. The summed E-state index contributed by atoms with van der Waals surface area (Å²) in [7, 11) is 0. The summed E-state index contributed by atoms with van der Waals surface area (Å²) in [5.41, 5.74) is 13.6. The van der Waals surface area contributed by atoms with Gasteiger partial charge in [-0.15, -0.1) is 0 Å². The minimum atomic E-state index is -0.130. The van der Waals surface area contributed by atoms with Crippen LogP contribution in [-0.2, 0) is 5.41 Å². The number of rotatable bonds is 5.